The molecule has 1 aromatic heterocycles. The highest BCUT2D eigenvalue weighted by Crippen LogP contribution is 2.25. The van der Waals surface area contributed by atoms with Gasteiger partial charge in [0, 0.05) is 13.1 Å². The summed E-state index contributed by atoms with van der Waals surface area (Å²) < 4.78 is 21.3. The minimum atomic E-state index is -0.486. The highest BCUT2D eigenvalue weighted by molar-refractivity contribution is 6.28. The highest BCUT2D eigenvalue weighted by Gasteiger charge is 2.19. The van der Waals surface area contributed by atoms with Crippen molar-refractivity contribution in [2.24, 2.45) is 0 Å². The minimum absolute atomic E-state index is 0.00946. The molecule has 1 saturated heterocycles. The molecule has 142 valence electrons. The van der Waals surface area contributed by atoms with Crippen LogP contribution in [0.3, 0.4) is 0 Å². The molecule has 28 heavy (non-hydrogen) atoms. The smallest absolute Gasteiger partial charge is 0.262 e. The second kappa shape index (κ2) is 7.58. The quantitative estimate of drug-likeness (QED) is 0.634. The zero-order valence-electron chi connectivity index (χ0n) is 14.9. The van der Waals surface area contributed by atoms with E-state index in [1.54, 1.807) is 30.3 Å². The van der Waals surface area contributed by atoms with Crippen molar-refractivity contribution in [1.82, 2.24) is 9.55 Å². The van der Waals surface area contributed by atoms with Gasteiger partial charge in [-0.1, -0.05) is 18.2 Å². The van der Waals surface area contributed by atoms with Crippen LogP contribution in [0.2, 0.25) is 5.28 Å². The zero-order chi connectivity index (χ0) is 19.7. The molecule has 1 aliphatic rings. The molecule has 0 saturated carbocycles. The third-order valence-electron chi connectivity index (χ3n) is 4.79. The molecule has 1 aliphatic heterocycles. The topological polar surface area (TPSA) is 71.2 Å². The van der Waals surface area contributed by atoms with Gasteiger partial charge in [0.2, 0.25) is 5.28 Å². The van der Waals surface area contributed by atoms with Crippen LogP contribution in [0, 0.1) is 17.1 Å². The molecule has 4 rings (SSSR count). The summed E-state index contributed by atoms with van der Waals surface area (Å²) in [5.74, 6) is -0.486. The number of nitriles is 1. The predicted molar refractivity (Wildman–Crippen MR) is 104 cm³/mol. The van der Waals surface area contributed by atoms with Crippen molar-refractivity contribution >= 4 is 28.2 Å². The van der Waals surface area contributed by atoms with Crippen molar-refractivity contribution in [3.8, 4) is 6.07 Å². The van der Waals surface area contributed by atoms with E-state index in [0.717, 1.165) is 0 Å². The molecule has 2 heterocycles. The first-order chi connectivity index (χ1) is 13.6. The van der Waals surface area contributed by atoms with E-state index in [9.17, 15) is 14.4 Å². The SMILES string of the molecule is N#Cc1ccccc1Cn1c(Cl)nc2cc(N3CCOCC3)c(F)cc2c1=O. The summed E-state index contributed by atoms with van der Waals surface area (Å²) in [5, 5.41) is 9.39. The Kier molecular flexibility index (Phi) is 4.99. The lowest BCUT2D eigenvalue weighted by Gasteiger charge is -2.29. The summed E-state index contributed by atoms with van der Waals surface area (Å²) in [4.78, 5) is 19.1. The molecule has 0 spiro atoms. The van der Waals surface area contributed by atoms with Gasteiger partial charge in [0.25, 0.3) is 5.56 Å². The molecule has 0 radical (unpaired) electrons. The number of rotatable bonds is 3. The normalized spacial score (nSPS) is 14.2. The minimum Gasteiger partial charge on any atom is -0.378 e. The van der Waals surface area contributed by atoms with E-state index in [4.69, 9.17) is 16.3 Å². The van der Waals surface area contributed by atoms with Crippen LogP contribution in [0.1, 0.15) is 11.1 Å². The number of ether oxygens (including phenoxy) is 1. The number of fused-ring (bicyclic) bond motifs is 1. The Morgan fingerprint density at radius 2 is 2.00 bits per heavy atom. The van der Waals surface area contributed by atoms with E-state index in [1.165, 1.54) is 10.6 Å². The number of halogens is 2. The molecule has 3 aromatic rings. The number of benzene rings is 2. The molecule has 0 N–H and O–H groups in total. The summed E-state index contributed by atoms with van der Waals surface area (Å²) in [7, 11) is 0. The monoisotopic (exact) mass is 398 g/mol. The maximum atomic E-state index is 14.7. The second-order valence-electron chi connectivity index (χ2n) is 6.46. The summed E-state index contributed by atoms with van der Waals surface area (Å²) in [6.07, 6.45) is 0. The summed E-state index contributed by atoms with van der Waals surface area (Å²) in [6, 6.07) is 11.8. The van der Waals surface area contributed by atoms with Gasteiger partial charge in [-0.2, -0.15) is 5.26 Å². The van der Waals surface area contributed by atoms with Crippen molar-refractivity contribution < 1.29 is 9.13 Å². The van der Waals surface area contributed by atoms with Crippen LogP contribution in [-0.2, 0) is 11.3 Å². The molecule has 2 aromatic carbocycles. The average molecular weight is 399 g/mol. The Morgan fingerprint density at radius 1 is 1.25 bits per heavy atom. The van der Waals surface area contributed by atoms with Crippen LogP contribution >= 0.6 is 11.6 Å². The van der Waals surface area contributed by atoms with Gasteiger partial charge in [-0.3, -0.25) is 9.36 Å². The fraction of sp³-hybridized carbons (Fsp3) is 0.250. The first-order valence-electron chi connectivity index (χ1n) is 8.79. The van der Waals surface area contributed by atoms with Crippen LogP contribution in [0.25, 0.3) is 10.9 Å². The number of anilines is 1. The first-order valence-corrected chi connectivity index (χ1v) is 9.16. The fourth-order valence-corrected chi connectivity index (χ4v) is 3.55. The Bertz CT molecular complexity index is 1150. The van der Waals surface area contributed by atoms with Crippen molar-refractivity contribution in [3.05, 3.63) is 69.0 Å². The molecule has 0 bridgehead atoms. The molecule has 0 aliphatic carbocycles. The van der Waals surface area contributed by atoms with Crippen LogP contribution in [0.5, 0.6) is 0 Å². The van der Waals surface area contributed by atoms with Crippen LogP contribution < -0.4 is 10.5 Å². The van der Waals surface area contributed by atoms with Gasteiger partial charge in [0.05, 0.1) is 48.0 Å². The molecule has 0 amide bonds. The number of nitrogens with zero attached hydrogens (tertiary/aromatic N) is 4. The lowest BCUT2D eigenvalue weighted by atomic mass is 10.1. The van der Waals surface area contributed by atoms with E-state index in [2.05, 4.69) is 11.1 Å². The second-order valence-corrected chi connectivity index (χ2v) is 6.80. The molecule has 1 fully saturated rings. The number of aromatic nitrogens is 2. The van der Waals surface area contributed by atoms with Crippen LogP contribution in [-0.4, -0.2) is 35.9 Å². The predicted octanol–water partition coefficient (Wildman–Crippen LogP) is 2.95. The lowest BCUT2D eigenvalue weighted by molar-refractivity contribution is 0.122. The van der Waals surface area contributed by atoms with Crippen LogP contribution in [0.4, 0.5) is 10.1 Å². The Morgan fingerprint density at radius 3 is 2.75 bits per heavy atom. The van der Waals surface area contributed by atoms with E-state index in [0.29, 0.717) is 48.6 Å². The number of hydrogen-bond donors (Lipinski definition) is 0. The maximum Gasteiger partial charge on any atom is 0.262 e. The summed E-state index contributed by atoms with van der Waals surface area (Å²) in [5.41, 5.74) is 1.35. The van der Waals surface area contributed by atoms with E-state index < -0.39 is 11.4 Å². The Balaban J connectivity index is 1.80. The fourth-order valence-electron chi connectivity index (χ4n) is 3.32. The number of hydrogen-bond acceptors (Lipinski definition) is 5. The van der Waals surface area contributed by atoms with Crippen LogP contribution in [0.15, 0.2) is 41.2 Å². The largest absolute Gasteiger partial charge is 0.378 e. The first kappa shape index (κ1) is 18.4. The average Bonchev–Trinajstić information content (AvgIpc) is 2.72. The zero-order valence-corrected chi connectivity index (χ0v) is 15.6. The lowest BCUT2D eigenvalue weighted by Crippen LogP contribution is -2.36. The Labute approximate surface area is 165 Å². The summed E-state index contributed by atoms with van der Waals surface area (Å²) in [6.45, 7) is 2.25. The van der Waals surface area contributed by atoms with Gasteiger partial charge in [0.15, 0.2) is 0 Å². The molecule has 0 atom stereocenters. The van der Waals surface area contributed by atoms with Gasteiger partial charge in [-0.05, 0) is 35.4 Å². The summed E-state index contributed by atoms with van der Waals surface area (Å²) >= 11 is 6.27. The third-order valence-corrected chi connectivity index (χ3v) is 5.08. The maximum absolute atomic E-state index is 14.7. The highest BCUT2D eigenvalue weighted by atomic mass is 35.5. The molecule has 0 unspecified atom stereocenters. The third kappa shape index (κ3) is 3.33. The van der Waals surface area contributed by atoms with Gasteiger partial charge in [-0.25, -0.2) is 9.37 Å². The van der Waals surface area contributed by atoms with Crippen molar-refractivity contribution in [2.75, 3.05) is 31.2 Å². The van der Waals surface area contributed by atoms with Crippen molar-refractivity contribution in [2.45, 2.75) is 6.54 Å². The van der Waals surface area contributed by atoms with Gasteiger partial charge >= 0.3 is 0 Å². The standard InChI is InChI=1S/C20H16ClFN4O2/c21-20-24-17-10-18(25-5-7-28-8-6-25)16(22)9-15(17)19(27)26(20)12-14-4-2-1-3-13(14)11-23/h1-4,9-10H,5-8,12H2. The molecule has 6 nitrogen and oxygen atoms in total. The van der Waals surface area contributed by atoms with E-state index in [1.807, 2.05) is 4.90 Å². The molecular weight excluding hydrogens is 383 g/mol. The van der Waals surface area contributed by atoms with Gasteiger partial charge in [-0.15, -0.1) is 0 Å². The van der Waals surface area contributed by atoms with Crippen molar-refractivity contribution in [1.29, 1.82) is 5.26 Å². The van der Waals surface area contributed by atoms with E-state index >= 15 is 0 Å². The van der Waals surface area contributed by atoms with Crippen molar-refractivity contribution in [3.63, 3.8) is 0 Å². The Hall–Kier alpha value is -2.95. The number of morpholine rings is 1. The van der Waals surface area contributed by atoms with E-state index in [-0.39, 0.29) is 17.2 Å². The van der Waals surface area contributed by atoms with Gasteiger partial charge < -0.3 is 9.64 Å². The molecule has 8 heteroatoms. The van der Waals surface area contributed by atoms with Gasteiger partial charge in [0.1, 0.15) is 5.82 Å². The molecular formula is C20H16ClFN4O2.